The van der Waals surface area contributed by atoms with Crippen molar-refractivity contribution in [3.8, 4) is 0 Å². The van der Waals surface area contributed by atoms with Gasteiger partial charge < -0.3 is 5.32 Å². The number of hydrogen-bond donors (Lipinski definition) is 3. The van der Waals surface area contributed by atoms with Gasteiger partial charge in [0.2, 0.25) is 5.91 Å². The van der Waals surface area contributed by atoms with E-state index in [1.807, 2.05) is 0 Å². The summed E-state index contributed by atoms with van der Waals surface area (Å²) in [5, 5.41) is 3.68. The van der Waals surface area contributed by atoms with Gasteiger partial charge in [-0.2, -0.15) is 0 Å². The first kappa shape index (κ1) is 18.2. The normalized spacial score (nSPS) is 10.2. The predicted molar refractivity (Wildman–Crippen MR) is 92.6 cm³/mol. The molecule has 0 radical (unpaired) electrons. The average molecular weight is 367 g/mol. The van der Waals surface area contributed by atoms with Crippen LogP contribution in [0, 0.1) is 0 Å². The smallest absolute Gasteiger partial charge is 0.265 e. The van der Waals surface area contributed by atoms with E-state index >= 15 is 0 Å². The van der Waals surface area contributed by atoms with Gasteiger partial charge in [0.1, 0.15) is 0 Å². The van der Waals surface area contributed by atoms with Gasteiger partial charge in [-0.3, -0.25) is 20.0 Å². The molecule has 126 valence electrons. The number of amides is 2. The van der Waals surface area contributed by atoms with E-state index in [0.717, 1.165) is 5.56 Å². The van der Waals surface area contributed by atoms with Crippen molar-refractivity contribution in [2.45, 2.75) is 13.0 Å². The molecule has 0 saturated carbocycles. The van der Waals surface area contributed by atoms with Crippen LogP contribution >= 0.6 is 23.2 Å². The monoisotopic (exact) mass is 366 g/mol. The zero-order valence-corrected chi connectivity index (χ0v) is 14.2. The number of nitrogens with one attached hydrogen (secondary N) is 3. The molecule has 2 aromatic rings. The lowest BCUT2D eigenvalue weighted by atomic mass is 10.2. The highest BCUT2D eigenvalue weighted by Gasteiger charge is 2.05. The summed E-state index contributed by atoms with van der Waals surface area (Å²) < 4.78 is 0. The second-order valence-electron chi connectivity index (χ2n) is 4.89. The molecule has 2 amide bonds. The lowest BCUT2D eigenvalue weighted by Gasteiger charge is -2.08. The van der Waals surface area contributed by atoms with Gasteiger partial charge in [-0.05, 0) is 29.8 Å². The zero-order chi connectivity index (χ0) is 17.4. The third kappa shape index (κ3) is 5.81. The summed E-state index contributed by atoms with van der Waals surface area (Å²) in [4.78, 5) is 27.3. The van der Waals surface area contributed by atoms with Crippen LogP contribution in [0.25, 0.3) is 0 Å². The fourth-order valence-electron chi connectivity index (χ4n) is 1.83. The molecule has 0 saturated heterocycles. The average Bonchev–Trinajstić information content (AvgIpc) is 2.60. The van der Waals surface area contributed by atoms with E-state index in [4.69, 9.17) is 23.2 Å². The van der Waals surface area contributed by atoms with Crippen molar-refractivity contribution >= 4 is 35.0 Å². The quantitative estimate of drug-likeness (QED) is 0.518. The summed E-state index contributed by atoms with van der Waals surface area (Å²) in [5.74, 6) is -0.430. The number of benzene rings is 1. The first-order valence-electron chi connectivity index (χ1n) is 7.20. The van der Waals surface area contributed by atoms with E-state index in [1.165, 1.54) is 12.4 Å². The predicted octanol–water partition coefficient (Wildman–Crippen LogP) is 2.33. The van der Waals surface area contributed by atoms with Gasteiger partial charge in [0.15, 0.2) is 0 Å². The van der Waals surface area contributed by atoms with Crippen LogP contribution < -0.4 is 16.2 Å². The van der Waals surface area contributed by atoms with Crippen molar-refractivity contribution < 1.29 is 9.59 Å². The molecule has 0 unspecified atom stereocenters. The minimum absolute atomic E-state index is 0.147. The Kier molecular flexibility index (Phi) is 6.99. The Labute approximate surface area is 149 Å². The van der Waals surface area contributed by atoms with Crippen LogP contribution in [0.5, 0.6) is 0 Å². The third-order valence-corrected chi connectivity index (χ3v) is 3.83. The van der Waals surface area contributed by atoms with Crippen LogP contribution in [-0.2, 0) is 11.3 Å². The zero-order valence-electron chi connectivity index (χ0n) is 12.7. The number of nitrogens with zero attached hydrogens (tertiary/aromatic N) is 1. The van der Waals surface area contributed by atoms with Gasteiger partial charge in [-0.15, -0.1) is 0 Å². The van der Waals surface area contributed by atoms with Gasteiger partial charge in [0.05, 0.1) is 10.0 Å². The highest BCUT2D eigenvalue weighted by atomic mass is 35.5. The van der Waals surface area contributed by atoms with Crippen LogP contribution in [0.4, 0.5) is 0 Å². The number of aromatic nitrogens is 1. The molecule has 0 aliphatic heterocycles. The molecule has 0 aliphatic carbocycles. The molecule has 8 heteroatoms. The summed E-state index contributed by atoms with van der Waals surface area (Å²) in [6.45, 7) is 0.670. The Morgan fingerprint density at radius 1 is 1.04 bits per heavy atom. The first-order valence-corrected chi connectivity index (χ1v) is 7.95. The lowest BCUT2D eigenvalue weighted by Crippen LogP contribution is -2.39. The van der Waals surface area contributed by atoms with Crippen LogP contribution in [0.1, 0.15) is 22.3 Å². The summed E-state index contributed by atoms with van der Waals surface area (Å²) in [7, 11) is 0. The van der Waals surface area contributed by atoms with Crippen molar-refractivity contribution in [2.75, 3.05) is 6.54 Å². The van der Waals surface area contributed by atoms with E-state index in [0.29, 0.717) is 28.7 Å². The minimum Gasteiger partial charge on any atom is -0.352 e. The Balaban J connectivity index is 1.64. The standard InChI is InChI=1S/C16H16Cl2N4O2/c17-13-2-1-11(9-14(13)18)10-20-15(23)5-8-21-22-16(24)12-3-6-19-7-4-12/h1-4,6-7,9,21H,5,8,10H2,(H,20,23)(H,22,24). The number of carbonyl (C=O) groups is 2. The lowest BCUT2D eigenvalue weighted by molar-refractivity contribution is -0.121. The van der Waals surface area contributed by atoms with Gasteiger partial charge >= 0.3 is 0 Å². The van der Waals surface area contributed by atoms with Crippen LogP contribution in [0.3, 0.4) is 0 Å². The molecule has 0 fully saturated rings. The third-order valence-electron chi connectivity index (χ3n) is 3.10. The second-order valence-corrected chi connectivity index (χ2v) is 5.71. The minimum atomic E-state index is -0.284. The van der Waals surface area contributed by atoms with E-state index in [1.54, 1.807) is 30.3 Å². The molecule has 1 aromatic heterocycles. The molecule has 0 spiro atoms. The van der Waals surface area contributed by atoms with E-state index in [-0.39, 0.29) is 18.2 Å². The number of rotatable bonds is 7. The molecular weight excluding hydrogens is 351 g/mol. The van der Waals surface area contributed by atoms with Crippen molar-refractivity contribution in [1.82, 2.24) is 21.2 Å². The van der Waals surface area contributed by atoms with Crippen molar-refractivity contribution in [3.05, 3.63) is 63.9 Å². The van der Waals surface area contributed by atoms with E-state index in [2.05, 4.69) is 21.2 Å². The van der Waals surface area contributed by atoms with Crippen LogP contribution in [0.15, 0.2) is 42.7 Å². The Bertz CT molecular complexity index is 710. The van der Waals surface area contributed by atoms with E-state index in [9.17, 15) is 9.59 Å². The Morgan fingerprint density at radius 3 is 2.50 bits per heavy atom. The second kappa shape index (κ2) is 9.22. The first-order chi connectivity index (χ1) is 11.6. The van der Waals surface area contributed by atoms with Crippen molar-refractivity contribution in [1.29, 1.82) is 0 Å². The topological polar surface area (TPSA) is 83.1 Å². The molecule has 1 aromatic carbocycles. The van der Waals surface area contributed by atoms with Crippen molar-refractivity contribution in [2.24, 2.45) is 0 Å². The molecule has 0 bridgehead atoms. The number of pyridine rings is 1. The SMILES string of the molecule is O=C(CCNNC(=O)c1ccncc1)NCc1ccc(Cl)c(Cl)c1. The summed E-state index contributed by atoms with van der Waals surface area (Å²) >= 11 is 11.7. The van der Waals surface area contributed by atoms with Gasteiger partial charge in [-0.25, -0.2) is 5.43 Å². The fourth-order valence-corrected chi connectivity index (χ4v) is 2.15. The van der Waals surface area contributed by atoms with E-state index < -0.39 is 0 Å². The summed E-state index contributed by atoms with van der Waals surface area (Å²) in [5.41, 5.74) is 6.57. The summed E-state index contributed by atoms with van der Waals surface area (Å²) in [6.07, 6.45) is 3.29. The molecule has 1 heterocycles. The maximum atomic E-state index is 11.8. The molecule has 3 N–H and O–H groups in total. The number of halogens is 2. The summed E-state index contributed by atoms with van der Waals surface area (Å²) in [6, 6.07) is 8.38. The molecular formula is C16H16Cl2N4O2. The number of hydrazine groups is 1. The van der Waals surface area contributed by atoms with Gasteiger partial charge in [-0.1, -0.05) is 29.3 Å². The Hall–Kier alpha value is -2.15. The highest BCUT2D eigenvalue weighted by Crippen LogP contribution is 2.22. The molecule has 24 heavy (non-hydrogen) atoms. The Morgan fingerprint density at radius 2 is 1.79 bits per heavy atom. The number of carbonyl (C=O) groups excluding carboxylic acids is 2. The van der Waals surface area contributed by atoms with Gasteiger partial charge in [0.25, 0.3) is 5.91 Å². The molecule has 2 rings (SSSR count). The molecule has 6 nitrogen and oxygen atoms in total. The van der Waals surface area contributed by atoms with Crippen molar-refractivity contribution in [3.63, 3.8) is 0 Å². The van der Waals surface area contributed by atoms with Gasteiger partial charge in [0, 0.05) is 37.5 Å². The number of hydrogen-bond acceptors (Lipinski definition) is 4. The fraction of sp³-hybridized carbons (Fsp3) is 0.188. The van der Waals surface area contributed by atoms with Crippen LogP contribution in [0.2, 0.25) is 10.0 Å². The largest absolute Gasteiger partial charge is 0.352 e. The highest BCUT2D eigenvalue weighted by molar-refractivity contribution is 6.42. The maximum Gasteiger partial charge on any atom is 0.265 e. The maximum absolute atomic E-state index is 11.8. The molecule has 0 atom stereocenters. The van der Waals surface area contributed by atoms with Crippen LogP contribution in [-0.4, -0.2) is 23.3 Å². The molecule has 0 aliphatic rings.